The molecule has 0 N–H and O–H groups in total. The first kappa shape index (κ1) is 33.4. The summed E-state index contributed by atoms with van der Waals surface area (Å²) in [5.41, 5.74) is -8.49. The van der Waals surface area contributed by atoms with Crippen LogP contribution in [0.2, 0.25) is 0 Å². The van der Waals surface area contributed by atoms with Crippen LogP contribution in [0.15, 0.2) is 84.9 Å². The van der Waals surface area contributed by atoms with Gasteiger partial charge in [-0.2, -0.15) is 52.7 Å². The number of rotatable bonds is 2. The highest BCUT2D eigenvalue weighted by atomic mass is 19.4. The monoisotopic (exact) mass is 712 g/mol. The lowest BCUT2D eigenvalue weighted by Crippen LogP contribution is -2.15. The topological polar surface area (TPSA) is 0 Å². The maximum Gasteiger partial charge on any atom is 0.416 e. The predicted molar refractivity (Wildman–Crippen MR) is 151 cm³/mol. The van der Waals surface area contributed by atoms with Crippen molar-refractivity contribution in [1.82, 2.24) is 0 Å². The van der Waals surface area contributed by atoms with E-state index in [0.29, 0.717) is 24.3 Å². The number of halogens is 14. The average molecular weight is 712 g/mol. The first-order valence-electron chi connectivity index (χ1n) is 14.2. The van der Waals surface area contributed by atoms with Crippen molar-refractivity contribution in [2.24, 2.45) is 0 Å². The molecular weight excluding hydrogens is 698 g/mol. The van der Waals surface area contributed by atoms with Crippen LogP contribution < -0.4 is 10.4 Å². The molecule has 0 aromatic heterocycles. The summed E-state index contributed by atoms with van der Waals surface area (Å²) in [7, 11) is 0. The fourth-order valence-corrected chi connectivity index (χ4v) is 6.49. The van der Waals surface area contributed by atoms with Crippen LogP contribution in [-0.2, 0) is 24.7 Å². The molecule has 0 unspecified atom stereocenters. The summed E-state index contributed by atoms with van der Waals surface area (Å²) < 4.78 is 196. The van der Waals surface area contributed by atoms with Gasteiger partial charge in [0, 0.05) is 0 Å². The molecule has 0 bridgehead atoms. The van der Waals surface area contributed by atoms with Crippen molar-refractivity contribution in [3.8, 4) is 11.1 Å². The summed E-state index contributed by atoms with van der Waals surface area (Å²) in [5, 5.41) is 0.123. The Labute approximate surface area is 270 Å². The fourth-order valence-electron chi connectivity index (χ4n) is 6.49. The summed E-state index contributed by atoms with van der Waals surface area (Å²) in [5.74, 6) is -1.80. The van der Waals surface area contributed by atoms with Gasteiger partial charge in [0.05, 0.1) is 22.3 Å². The van der Waals surface area contributed by atoms with Gasteiger partial charge in [0.2, 0.25) is 0 Å². The van der Waals surface area contributed by atoms with Gasteiger partial charge in [-0.15, -0.1) is 0 Å². The van der Waals surface area contributed by atoms with Gasteiger partial charge in [0.25, 0.3) is 0 Å². The second kappa shape index (κ2) is 10.7. The Morgan fingerprint density at radius 2 is 0.720 bits per heavy atom. The predicted octanol–water partition coefficient (Wildman–Crippen LogP) is 10.1. The molecule has 2 aliphatic carbocycles. The van der Waals surface area contributed by atoms with Crippen LogP contribution in [0.5, 0.6) is 0 Å². The smallest absolute Gasteiger partial charge is 0.207 e. The largest absolute Gasteiger partial charge is 0.416 e. The summed E-state index contributed by atoms with van der Waals surface area (Å²) >= 11 is 0. The Hall–Kier alpha value is -5.14. The molecule has 0 saturated carbocycles. The molecule has 0 radical (unpaired) electrons. The number of fused-ring (bicyclic) bond motifs is 5. The third-order valence-corrected chi connectivity index (χ3v) is 8.53. The molecule has 0 fully saturated rings. The molecule has 0 spiro atoms. The summed E-state index contributed by atoms with van der Waals surface area (Å²) in [6.07, 6.45) is -21.0. The zero-order valence-electron chi connectivity index (χ0n) is 24.4. The molecule has 0 aliphatic heterocycles. The van der Waals surface area contributed by atoms with Gasteiger partial charge < -0.3 is 0 Å². The van der Waals surface area contributed by atoms with Crippen molar-refractivity contribution < 1.29 is 61.5 Å². The first-order valence-corrected chi connectivity index (χ1v) is 14.2. The van der Waals surface area contributed by atoms with Crippen molar-refractivity contribution in [2.45, 2.75) is 24.7 Å². The van der Waals surface area contributed by atoms with Crippen LogP contribution in [0.3, 0.4) is 0 Å². The zero-order valence-corrected chi connectivity index (χ0v) is 24.4. The highest BCUT2D eigenvalue weighted by molar-refractivity contribution is 5.97. The van der Waals surface area contributed by atoms with Crippen molar-refractivity contribution in [3.05, 3.63) is 162 Å². The minimum Gasteiger partial charge on any atom is -0.207 e. The third kappa shape index (κ3) is 5.50. The third-order valence-electron chi connectivity index (χ3n) is 8.53. The highest BCUT2D eigenvalue weighted by Gasteiger charge is 2.39. The highest BCUT2D eigenvalue weighted by Crippen LogP contribution is 2.43. The second-order valence-corrected chi connectivity index (χ2v) is 11.7. The van der Waals surface area contributed by atoms with Gasteiger partial charge in [-0.1, -0.05) is 12.1 Å². The van der Waals surface area contributed by atoms with E-state index in [4.69, 9.17) is 0 Å². The molecule has 0 heterocycles. The number of hydrogen-bond acceptors (Lipinski definition) is 0. The second-order valence-electron chi connectivity index (χ2n) is 11.7. The van der Waals surface area contributed by atoms with Crippen molar-refractivity contribution in [3.63, 3.8) is 0 Å². The van der Waals surface area contributed by atoms with Crippen LogP contribution >= 0.6 is 0 Å². The molecule has 5 aromatic rings. The molecule has 7 rings (SSSR count). The normalized spacial score (nSPS) is 14.1. The molecule has 0 saturated heterocycles. The Kier molecular flexibility index (Phi) is 7.13. The molecule has 2 aliphatic rings. The van der Waals surface area contributed by atoms with E-state index in [1.54, 1.807) is 0 Å². The summed E-state index contributed by atoms with van der Waals surface area (Å²) in [4.78, 5) is 0. The Morgan fingerprint density at radius 3 is 1.20 bits per heavy atom. The Balaban J connectivity index is 1.63. The number of hydrogen-bond donors (Lipinski definition) is 0. The number of alkyl halides is 12. The van der Waals surface area contributed by atoms with Crippen molar-refractivity contribution in [2.75, 3.05) is 0 Å². The van der Waals surface area contributed by atoms with Crippen molar-refractivity contribution >= 4 is 11.1 Å². The van der Waals surface area contributed by atoms with Gasteiger partial charge in [0.1, 0.15) is 11.6 Å². The van der Waals surface area contributed by atoms with E-state index >= 15 is 0 Å². The SMILES string of the molecule is Fc1ccc2c(c1)C(c1cc(C(F)(F)F)cc(C(F)(F)F)c1)=c1cc3c(cc1-2)=c1ccc(F)cc1=C3c1cc(C(F)(F)F)cc(C(F)(F)F)c1. The fraction of sp³-hybridized carbons (Fsp3) is 0.111. The molecule has 5 aromatic carbocycles. The van der Waals surface area contributed by atoms with E-state index < -0.39 is 69.7 Å². The molecule has 0 amide bonds. The molecule has 50 heavy (non-hydrogen) atoms. The van der Waals surface area contributed by atoms with Gasteiger partial charge >= 0.3 is 24.7 Å². The zero-order chi connectivity index (χ0) is 36.3. The minimum absolute atomic E-state index is 0.0920. The standard InChI is InChI=1S/C36H14F14/c37-21-1-3-23-25-13-26-24-4-2-22(38)12-28(24)32(16-7-19(35(45,46)47)10-20(8-16)36(48,49)50)30(26)14-29(25)31(27(23)11-21)15-5-17(33(39,40)41)9-18(6-15)34(42,43)44/h1-14H. The van der Waals surface area contributed by atoms with Crippen LogP contribution in [0.25, 0.3) is 22.3 Å². The van der Waals surface area contributed by atoms with Gasteiger partial charge in [-0.05, 0) is 138 Å². The van der Waals surface area contributed by atoms with E-state index in [1.807, 2.05) is 0 Å². The number of benzene rings is 5. The Morgan fingerprint density at radius 1 is 0.300 bits per heavy atom. The van der Waals surface area contributed by atoms with Crippen LogP contribution in [0, 0.1) is 22.1 Å². The lowest BCUT2D eigenvalue weighted by molar-refractivity contribution is -0.144. The first-order chi connectivity index (χ1) is 23.1. The van der Waals surface area contributed by atoms with E-state index in [-0.39, 0.29) is 66.4 Å². The quantitative estimate of drug-likeness (QED) is 0.157. The lowest BCUT2D eigenvalue weighted by atomic mass is 9.92. The van der Waals surface area contributed by atoms with E-state index in [2.05, 4.69) is 0 Å². The minimum atomic E-state index is -5.26. The van der Waals surface area contributed by atoms with Crippen LogP contribution in [-0.4, -0.2) is 0 Å². The maximum absolute atomic E-state index is 14.6. The van der Waals surface area contributed by atoms with Gasteiger partial charge in [0.15, 0.2) is 0 Å². The van der Waals surface area contributed by atoms with E-state index in [1.165, 1.54) is 24.3 Å². The Bertz CT molecular complexity index is 2430. The lowest BCUT2D eigenvalue weighted by Gasteiger charge is -2.16. The average Bonchev–Trinajstić information content (AvgIpc) is 3.48. The van der Waals surface area contributed by atoms with Gasteiger partial charge in [-0.25, -0.2) is 8.78 Å². The van der Waals surface area contributed by atoms with E-state index in [0.717, 1.165) is 24.3 Å². The van der Waals surface area contributed by atoms with Crippen molar-refractivity contribution in [1.29, 1.82) is 0 Å². The maximum atomic E-state index is 14.6. The molecule has 0 atom stereocenters. The summed E-state index contributed by atoms with van der Waals surface area (Å²) in [6.45, 7) is 0. The molecule has 256 valence electrons. The van der Waals surface area contributed by atoms with Gasteiger partial charge in [-0.3, -0.25) is 0 Å². The van der Waals surface area contributed by atoms with E-state index in [9.17, 15) is 61.5 Å². The van der Waals surface area contributed by atoms with Crippen LogP contribution in [0.1, 0.15) is 44.5 Å². The molecule has 14 heteroatoms. The molecule has 0 nitrogen and oxygen atoms in total. The van der Waals surface area contributed by atoms with Crippen LogP contribution in [0.4, 0.5) is 61.5 Å². The summed E-state index contributed by atoms with van der Waals surface area (Å²) in [6, 6.07) is 10.3. The molecular formula is C36H14F14.